The van der Waals surface area contributed by atoms with Crippen molar-refractivity contribution in [2.75, 3.05) is 24.5 Å². The number of amides is 1. The molecule has 1 amide bonds. The average molecular weight is 461 g/mol. The van der Waals surface area contributed by atoms with Crippen LogP contribution in [0.25, 0.3) is 0 Å². The molecule has 0 saturated carbocycles. The van der Waals surface area contributed by atoms with Crippen molar-refractivity contribution in [1.29, 1.82) is 0 Å². The fourth-order valence-electron chi connectivity index (χ4n) is 3.48. The zero-order valence-corrected chi connectivity index (χ0v) is 18.1. The number of carbonyl (C=O) groups is 1. The fraction of sp³-hybridized carbons (Fsp3) is 0.227. The summed E-state index contributed by atoms with van der Waals surface area (Å²) in [6, 6.07) is 12.6. The summed E-state index contributed by atoms with van der Waals surface area (Å²) < 4.78 is 19.4. The predicted molar refractivity (Wildman–Crippen MR) is 118 cm³/mol. The van der Waals surface area contributed by atoms with Crippen LogP contribution >= 0.6 is 23.2 Å². The molecule has 1 aromatic heterocycles. The molecule has 31 heavy (non-hydrogen) atoms. The van der Waals surface area contributed by atoms with Crippen molar-refractivity contribution >= 4 is 34.9 Å². The molecule has 9 heteroatoms. The Balaban J connectivity index is 1.46. The van der Waals surface area contributed by atoms with E-state index in [-0.39, 0.29) is 23.6 Å². The van der Waals surface area contributed by atoms with Gasteiger partial charge in [-0.05, 0) is 37.3 Å². The zero-order valence-electron chi connectivity index (χ0n) is 16.6. The monoisotopic (exact) mass is 460 g/mol. The van der Waals surface area contributed by atoms with Crippen LogP contribution in [0, 0.1) is 5.82 Å². The maximum Gasteiger partial charge on any atom is 0.255 e. The maximum atomic E-state index is 13.9. The molecule has 1 saturated heterocycles. The minimum absolute atomic E-state index is 0.0844. The first-order valence-electron chi connectivity index (χ1n) is 9.68. The molecule has 4 rings (SSSR count). The molecular weight excluding hydrogens is 442 g/mol. The average Bonchev–Trinajstić information content (AvgIpc) is 2.75. The van der Waals surface area contributed by atoms with E-state index in [1.54, 1.807) is 41.3 Å². The highest BCUT2D eigenvalue weighted by Crippen LogP contribution is 2.27. The van der Waals surface area contributed by atoms with E-state index in [9.17, 15) is 9.18 Å². The molecule has 1 atom stereocenters. The normalized spacial score (nSPS) is 16.3. The Morgan fingerprint density at radius 2 is 1.94 bits per heavy atom. The number of aromatic nitrogens is 2. The Hall–Kier alpha value is -2.90. The number of anilines is 1. The third-order valence-electron chi connectivity index (χ3n) is 5.05. The van der Waals surface area contributed by atoms with E-state index in [1.165, 1.54) is 18.5 Å². The number of halogens is 3. The number of rotatable bonds is 4. The first-order valence-corrected chi connectivity index (χ1v) is 10.4. The molecular formula is C22H19Cl2FN4O2. The van der Waals surface area contributed by atoms with Crippen molar-refractivity contribution in [3.8, 4) is 11.6 Å². The number of ether oxygens (including phenoxy) is 1. The first kappa shape index (κ1) is 21.3. The molecule has 2 heterocycles. The van der Waals surface area contributed by atoms with Crippen molar-refractivity contribution in [2.45, 2.75) is 13.0 Å². The molecule has 1 fully saturated rings. The van der Waals surface area contributed by atoms with Crippen molar-refractivity contribution in [3.63, 3.8) is 0 Å². The highest BCUT2D eigenvalue weighted by molar-refractivity contribution is 6.36. The summed E-state index contributed by atoms with van der Waals surface area (Å²) >= 11 is 12.1. The van der Waals surface area contributed by atoms with Gasteiger partial charge in [0.15, 0.2) is 11.6 Å². The van der Waals surface area contributed by atoms with Crippen molar-refractivity contribution in [1.82, 2.24) is 14.9 Å². The SMILES string of the molecule is CC1CN(c2cc(Oc3ccccc3F)ncn2)CCN1C(=O)c1ccc(Cl)cc1Cl. The molecule has 0 spiro atoms. The first-order chi connectivity index (χ1) is 14.9. The van der Waals surface area contributed by atoms with E-state index in [0.717, 1.165) is 0 Å². The third kappa shape index (κ3) is 4.73. The Kier molecular flexibility index (Phi) is 6.25. The van der Waals surface area contributed by atoms with Crippen LogP contribution in [-0.2, 0) is 0 Å². The van der Waals surface area contributed by atoms with Gasteiger partial charge in [0, 0.05) is 36.8 Å². The van der Waals surface area contributed by atoms with Crippen molar-refractivity contribution in [3.05, 3.63) is 76.3 Å². The van der Waals surface area contributed by atoms with Gasteiger partial charge in [-0.15, -0.1) is 0 Å². The van der Waals surface area contributed by atoms with Crippen LogP contribution in [0.15, 0.2) is 54.9 Å². The second-order valence-electron chi connectivity index (χ2n) is 7.16. The summed E-state index contributed by atoms with van der Waals surface area (Å²) in [5, 5.41) is 0.814. The summed E-state index contributed by atoms with van der Waals surface area (Å²) in [4.78, 5) is 25.2. The Bertz CT molecular complexity index is 1110. The number of para-hydroxylation sites is 1. The number of benzene rings is 2. The van der Waals surface area contributed by atoms with E-state index in [1.807, 2.05) is 11.8 Å². The van der Waals surface area contributed by atoms with Crippen LogP contribution in [-0.4, -0.2) is 46.5 Å². The molecule has 0 aliphatic carbocycles. The van der Waals surface area contributed by atoms with Gasteiger partial charge < -0.3 is 14.5 Å². The maximum absolute atomic E-state index is 13.9. The smallest absolute Gasteiger partial charge is 0.255 e. The molecule has 3 aromatic rings. The van der Waals surface area contributed by atoms with Crippen molar-refractivity contribution < 1.29 is 13.9 Å². The molecule has 6 nitrogen and oxygen atoms in total. The standard InChI is InChI=1S/C22H19Cl2FN4O2/c1-14-12-28(8-9-29(14)22(30)16-7-6-15(23)10-17(16)24)20-11-21(27-13-26-20)31-19-5-3-2-4-18(19)25/h2-7,10-11,13-14H,8-9,12H2,1H3. The number of hydrogen-bond donors (Lipinski definition) is 0. The molecule has 0 N–H and O–H groups in total. The summed E-state index contributed by atoms with van der Waals surface area (Å²) in [6.45, 7) is 3.59. The second-order valence-corrected chi connectivity index (χ2v) is 8.01. The molecule has 1 aliphatic heterocycles. The molecule has 0 bridgehead atoms. The lowest BCUT2D eigenvalue weighted by Crippen LogP contribution is -2.54. The predicted octanol–water partition coefficient (Wildman–Crippen LogP) is 5.07. The van der Waals surface area contributed by atoms with Gasteiger partial charge in [0.25, 0.3) is 5.91 Å². The topological polar surface area (TPSA) is 58.6 Å². The van der Waals surface area contributed by atoms with Crippen LogP contribution < -0.4 is 9.64 Å². The highest BCUT2D eigenvalue weighted by atomic mass is 35.5. The van der Waals surface area contributed by atoms with Crippen molar-refractivity contribution in [2.24, 2.45) is 0 Å². The number of nitrogens with zero attached hydrogens (tertiary/aromatic N) is 4. The molecule has 160 valence electrons. The largest absolute Gasteiger partial charge is 0.436 e. The number of piperazine rings is 1. The Morgan fingerprint density at radius 3 is 2.68 bits per heavy atom. The van der Waals surface area contributed by atoms with Gasteiger partial charge in [-0.1, -0.05) is 35.3 Å². The van der Waals surface area contributed by atoms with Gasteiger partial charge in [-0.25, -0.2) is 14.4 Å². The summed E-state index contributed by atoms with van der Waals surface area (Å²) in [5.41, 5.74) is 0.425. The quantitative estimate of drug-likeness (QED) is 0.544. The summed E-state index contributed by atoms with van der Waals surface area (Å²) in [7, 11) is 0. The zero-order chi connectivity index (χ0) is 22.0. The van der Waals surface area contributed by atoms with Gasteiger partial charge in [-0.3, -0.25) is 4.79 Å². The lowest BCUT2D eigenvalue weighted by molar-refractivity contribution is 0.0674. The minimum atomic E-state index is -0.468. The number of hydrogen-bond acceptors (Lipinski definition) is 5. The summed E-state index contributed by atoms with van der Waals surface area (Å²) in [6.07, 6.45) is 1.38. The molecule has 1 unspecified atom stereocenters. The molecule has 2 aromatic carbocycles. The third-order valence-corrected chi connectivity index (χ3v) is 5.60. The van der Waals surface area contributed by atoms with Crippen LogP contribution in [0.5, 0.6) is 11.6 Å². The van der Waals surface area contributed by atoms with E-state index in [0.29, 0.717) is 41.1 Å². The van der Waals surface area contributed by atoms with Crippen LogP contribution in [0.2, 0.25) is 10.0 Å². The van der Waals surface area contributed by atoms with E-state index in [2.05, 4.69) is 9.97 Å². The van der Waals surface area contributed by atoms with E-state index in [4.69, 9.17) is 27.9 Å². The fourth-order valence-corrected chi connectivity index (χ4v) is 3.97. The van der Waals surface area contributed by atoms with Gasteiger partial charge in [-0.2, -0.15) is 0 Å². The Labute approximate surface area is 189 Å². The molecule has 0 radical (unpaired) electrons. The Morgan fingerprint density at radius 1 is 1.13 bits per heavy atom. The lowest BCUT2D eigenvalue weighted by atomic mass is 10.1. The van der Waals surface area contributed by atoms with Gasteiger partial charge in [0.2, 0.25) is 5.88 Å². The summed E-state index contributed by atoms with van der Waals surface area (Å²) in [5.74, 6) is 0.374. The van der Waals surface area contributed by atoms with E-state index < -0.39 is 5.82 Å². The van der Waals surface area contributed by atoms with Crippen LogP contribution in [0.3, 0.4) is 0 Å². The van der Waals surface area contributed by atoms with Gasteiger partial charge >= 0.3 is 0 Å². The van der Waals surface area contributed by atoms with Gasteiger partial charge in [0.1, 0.15) is 12.1 Å². The van der Waals surface area contributed by atoms with E-state index >= 15 is 0 Å². The minimum Gasteiger partial charge on any atom is -0.436 e. The highest BCUT2D eigenvalue weighted by Gasteiger charge is 2.30. The number of carbonyl (C=O) groups excluding carboxylic acids is 1. The second kappa shape index (κ2) is 9.08. The van der Waals surface area contributed by atoms with Crippen LogP contribution in [0.4, 0.5) is 10.2 Å². The van der Waals surface area contributed by atoms with Crippen LogP contribution in [0.1, 0.15) is 17.3 Å². The molecule has 1 aliphatic rings. The van der Waals surface area contributed by atoms with Gasteiger partial charge in [0.05, 0.1) is 10.6 Å². The lowest BCUT2D eigenvalue weighted by Gasteiger charge is -2.40.